The molecule has 0 fully saturated rings. The van der Waals surface area contributed by atoms with Crippen LogP contribution in [0.25, 0.3) is 11.3 Å². The Hall–Kier alpha value is -2.10. The van der Waals surface area contributed by atoms with Gasteiger partial charge in [-0.15, -0.1) is 0 Å². The maximum absolute atomic E-state index is 11.2. The maximum Gasteiger partial charge on any atom is 0.325 e. The number of carbonyl (C=O) groups excluding carboxylic acids is 1. The summed E-state index contributed by atoms with van der Waals surface area (Å²) in [6.07, 6.45) is 3.36. The van der Waals surface area contributed by atoms with E-state index in [-0.39, 0.29) is 12.5 Å². The highest BCUT2D eigenvalue weighted by Crippen LogP contribution is 2.17. The zero-order valence-corrected chi connectivity index (χ0v) is 8.96. The van der Waals surface area contributed by atoms with Crippen molar-refractivity contribution in [3.05, 3.63) is 42.9 Å². The quantitative estimate of drug-likeness (QED) is 0.734. The molecule has 0 aliphatic carbocycles. The summed E-state index contributed by atoms with van der Waals surface area (Å²) in [5.41, 5.74) is 1.94. The van der Waals surface area contributed by atoms with Crippen molar-refractivity contribution in [1.82, 2.24) is 9.55 Å². The lowest BCUT2D eigenvalue weighted by Crippen LogP contribution is -2.11. The summed E-state index contributed by atoms with van der Waals surface area (Å²) in [6, 6.07) is 9.80. The van der Waals surface area contributed by atoms with Crippen LogP contribution in [0.3, 0.4) is 0 Å². The third-order valence-electron chi connectivity index (χ3n) is 2.31. The number of rotatable bonds is 3. The number of carbonyl (C=O) groups is 1. The molecule has 4 nitrogen and oxygen atoms in total. The molecule has 0 atom stereocenters. The summed E-state index contributed by atoms with van der Waals surface area (Å²) in [6.45, 7) is 0.181. The first kappa shape index (κ1) is 10.4. The number of hydrogen-bond acceptors (Lipinski definition) is 3. The standard InChI is InChI=1S/C12H12N2O2/c1-16-12(15)8-14-9-13-7-11(14)10-5-3-2-4-6-10/h2-7,9H,8H2,1H3. The fourth-order valence-electron chi connectivity index (χ4n) is 1.50. The maximum atomic E-state index is 11.2. The van der Waals surface area contributed by atoms with Crippen molar-refractivity contribution in [1.29, 1.82) is 0 Å². The van der Waals surface area contributed by atoms with Gasteiger partial charge in [-0.2, -0.15) is 0 Å². The molecule has 0 bridgehead atoms. The molecular formula is C12H12N2O2. The second-order valence-corrected chi connectivity index (χ2v) is 3.35. The molecule has 0 aliphatic rings. The number of esters is 1. The smallest absolute Gasteiger partial charge is 0.325 e. The Morgan fingerprint density at radius 3 is 2.81 bits per heavy atom. The molecule has 0 radical (unpaired) electrons. The Balaban J connectivity index is 2.29. The van der Waals surface area contributed by atoms with Gasteiger partial charge >= 0.3 is 5.97 Å². The van der Waals surface area contributed by atoms with E-state index in [1.54, 1.807) is 17.1 Å². The van der Waals surface area contributed by atoms with Crippen molar-refractivity contribution in [2.75, 3.05) is 7.11 Å². The number of nitrogens with zero attached hydrogens (tertiary/aromatic N) is 2. The largest absolute Gasteiger partial charge is 0.468 e. The fraction of sp³-hybridized carbons (Fsp3) is 0.167. The minimum Gasteiger partial charge on any atom is -0.468 e. The molecule has 1 aromatic carbocycles. The highest BCUT2D eigenvalue weighted by atomic mass is 16.5. The Kier molecular flexibility index (Phi) is 3.00. The van der Waals surface area contributed by atoms with E-state index < -0.39 is 0 Å². The highest BCUT2D eigenvalue weighted by Gasteiger charge is 2.08. The monoisotopic (exact) mass is 216 g/mol. The normalized spacial score (nSPS) is 10.1. The van der Waals surface area contributed by atoms with Crippen LogP contribution in [0.2, 0.25) is 0 Å². The summed E-state index contributed by atoms with van der Waals surface area (Å²) in [5, 5.41) is 0. The van der Waals surface area contributed by atoms with Gasteiger partial charge in [0, 0.05) is 0 Å². The lowest BCUT2D eigenvalue weighted by Gasteiger charge is -2.06. The van der Waals surface area contributed by atoms with Gasteiger partial charge in [-0.25, -0.2) is 4.98 Å². The van der Waals surface area contributed by atoms with Gasteiger partial charge in [0.1, 0.15) is 6.54 Å². The molecule has 1 heterocycles. The minimum atomic E-state index is -0.282. The molecule has 0 aliphatic heterocycles. The van der Waals surface area contributed by atoms with Crippen LogP contribution < -0.4 is 0 Å². The van der Waals surface area contributed by atoms with Crippen LogP contribution in [-0.4, -0.2) is 22.6 Å². The lowest BCUT2D eigenvalue weighted by atomic mass is 10.2. The molecule has 0 spiro atoms. The van der Waals surface area contributed by atoms with Gasteiger partial charge in [0.05, 0.1) is 25.3 Å². The van der Waals surface area contributed by atoms with Crippen LogP contribution >= 0.6 is 0 Å². The second kappa shape index (κ2) is 4.61. The molecule has 82 valence electrons. The number of aromatic nitrogens is 2. The summed E-state index contributed by atoms with van der Waals surface area (Å²) >= 11 is 0. The average molecular weight is 216 g/mol. The van der Waals surface area contributed by atoms with E-state index in [9.17, 15) is 4.79 Å². The van der Waals surface area contributed by atoms with E-state index in [4.69, 9.17) is 0 Å². The van der Waals surface area contributed by atoms with Crippen molar-refractivity contribution in [3.63, 3.8) is 0 Å². The predicted molar refractivity (Wildman–Crippen MR) is 59.7 cm³/mol. The second-order valence-electron chi connectivity index (χ2n) is 3.35. The van der Waals surface area contributed by atoms with E-state index in [1.807, 2.05) is 30.3 Å². The molecule has 2 aromatic rings. The van der Waals surface area contributed by atoms with Gasteiger partial charge in [-0.05, 0) is 5.56 Å². The van der Waals surface area contributed by atoms with E-state index >= 15 is 0 Å². The molecule has 4 heteroatoms. The first-order chi connectivity index (χ1) is 7.81. The van der Waals surface area contributed by atoms with Gasteiger partial charge < -0.3 is 9.30 Å². The molecule has 0 unspecified atom stereocenters. The van der Waals surface area contributed by atoms with E-state index in [1.165, 1.54) is 7.11 Å². The van der Waals surface area contributed by atoms with Crippen LogP contribution in [0.1, 0.15) is 0 Å². The van der Waals surface area contributed by atoms with Crippen LogP contribution in [0.15, 0.2) is 42.9 Å². The number of benzene rings is 1. The van der Waals surface area contributed by atoms with Crippen molar-refractivity contribution >= 4 is 5.97 Å². The Morgan fingerprint density at radius 2 is 2.12 bits per heavy atom. The van der Waals surface area contributed by atoms with Crippen LogP contribution in [0, 0.1) is 0 Å². The van der Waals surface area contributed by atoms with Gasteiger partial charge in [0.25, 0.3) is 0 Å². The number of imidazole rings is 1. The minimum absolute atomic E-state index is 0.181. The molecular weight excluding hydrogens is 204 g/mol. The topological polar surface area (TPSA) is 44.1 Å². The summed E-state index contributed by atoms with van der Waals surface area (Å²) in [7, 11) is 1.38. The fourth-order valence-corrected chi connectivity index (χ4v) is 1.50. The van der Waals surface area contributed by atoms with Crippen molar-refractivity contribution in [2.45, 2.75) is 6.54 Å². The van der Waals surface area contributed by atoms with Crippen molar-refractivity contribution in [2.24, 2.45) is 0 Å². The molecule has 0 N–H and O–H groups in total. The Morgan fingerprint density at radius 1 is 1.38 bits per heavy atom. The number of methoxy groups -OCH3 is 1. The van der Waals surface area contributed by atoms with Gasteiger partial charge in [-0.1, -0.05) is 30.3 Å². The summed E-state index contributed by atoms with van der Waals surface area (Å²) in [4.78, 5) is 15.2. The Labute approximate surface area is 93.5 Å². The Bertz CT molecular complexity index is 477. The SMILES string of the molecule is COC(=O)Cn1cncc1-c1ccccc1. The van der Waals surface area contributed by atoms with Crippen molar-refractivity contribution < 1.29 is 9.53 Å². The van der Waals surface area contributed by atoms with E-state index in [0.717, 1.165) is 11.3 Å². The molecule has 1 aromatic heterocycles. The lowest BCUT2D eigenvalue weighted by molar-refractivity contribution is -0.141. The van der Waals surface area contributed by atoms with Gasteiger partial charge in [0.2, 0.25) is 0 Å². The molecule has 0 saturated carbocycles. The molecule has 0 amide bonds. The van der Waals surface area contributed by atoms with Crippen LogP contribution in [0.5, 0.6) is 0 Å². The number of hydrogen-bond donors (Lipinski definition) is 0. The van der Waals surface area contributed by atoms with Crippen LogP contribution in [0.4, 0.5) is 0 Å². The first-order valence-corrected chi connectivity index (χ1v) is 4.93. The molecule has 2 rings (SSSR count). The first-order valence-electron chi connectivity index (χ1n) is 4.93. The van der Waals surface area contributed by atoms with E-state index in [2.05, 4.69) is 9.72 Å². The van der Waals surface area contributed by atoms with Crippen LogP contribution in [-0.2, 0) is 16.1 Å². The predicted octanol–water partition coefficient (Wildman–Crippen LogP) is 1.72. The zero-order valence-electron chi connectivity index (χ0n) is 8.96. The summed E-state index contributed by atoms with van der Waals surface area (Å²) in [5.74, 6) is -0.282. The van der Waals surface area contributed by atoms with Crippen molar-refractivity contribution in [3.8, 4) is 11.3 Å². The summed E-state index contributed by atoms with van der Waals surface area (Å²) < 4.78 is 6.39. The zero-order chi connectivity index (χ0) is 11.4. The highest BCUT2D eigenvalue weighted by molar-refractivity contribution is 5.70. The third-order valence-corrected chi connectivity index (χ3v) is 2.31. The molecule has 16 heavy (non-hydrogen) atoms. The van der Waals surface area contributed by atoms with E-state index in [0.29, 0.717) is 0 Å². The van der Waals surface area contributed by atoms with Gasteiger partial charge in [0.15, 0.2) is 0 Å². The third kappa shape index (κ3) is 2.11. The van der Waals surface area contributed by atoms with Gasteiger partial charge in [-0.3, -0.25) is 4.79 Å². The molecule has 0 saturated heterocycles. The number of ether oxygens (including phenoxy) is 1. The average Bonchev–Trinajstić information content (AvgIpc) is 2.78.